The Labute approximate surface area is 115 Å². The largest absolute Gasteiger partial charge is 0.340 e. The monoisotopic (exact) mass is 264 g/mol. The average molecular weight is 264 g/mol. The van der Waals surface area contributed by atoms with Crippen molar-refractivity contribution in [2.75, 3.05) is 6.54 Å². The molecule has 1 saturated heterocycles. The zero-order valence-corrected chi connectivity index (χ0v) is 12.4. The van der Waals surface area contributed by atoms with Crippen molar-refractivity contribution in [1.82, 2.24) is 10.2 Å². The minimum absolute atomic E-state index is 0.0313. The Morgan fingerprint density at radius 3 is 2.37 bits per heavy atom. The fourth-order valence-corrected chi connectivity index (χ4v) is 2.96. The van der Waals surface area contributed by atoms with Crippen LogP contribution in [-0.2, 0) is 9.59 Å². The molecule has 1 heterocycles. The summed E-state index contributed by atoms with van der Waals surface area (Å²) < 4.78 is 0. The van der Waals surface area contributed by atoms with Gasteiger partial charge in [0.1, 0.15) is 11.1 Å². The van der Waals surface area contributed by atoms with Gasteiger partial charge in [-0.1, -0.05) is 24.5 Å². The second kappa shape index (κ2) is 4.66. The first-order valence-corrected chi connectivity index (χ1v) is 7.08. The van der Waals surface area contributed by atoms with Crippen LogP contribution in [0.4, 0.5) is 0 Å². The van der Waals surface area contributed by atoms with E-state index in [0.29, 0.717) is 6.54 Å². The first-order valence-electron chi connectivity index (χ1n) is 7.08. The molecule has 19 heavy (non-hydrogen) atoms. The summed E-state index contributed by atoms with van der Waals surface area (Å²) in [5, 5.41) is 3.00. The highest BCUT2D eigenvalue weighted by atomic mass is 16.2. The Bertz CT molecular complexity index is 427. The van der Waals surface area contributed by atoms with Gasteiger partial charge in [-0.25, -0.2) is 0 Å². The first-order chi connectivity index (χ1) is 8.79. The summed E-state index contributed by atoms with van der Waals surface area (Å²) in [5.41, 5.74) is -0.228. The fourth-order valence-electron chi connectivity index (χ4n) is 2.96. The zero-order chi connectivity index (χ0) is 14.3. The molecule has 1 aliphatic carbocycles. The van der Waals surface area contributed by atoms with Crippen molar-refractivity contribution in [1.29, 1.82) is 0 Å². The molecule has 2 amide bonds. The van der Waals surface area contributed by atoms with Crippen molar-refractivity contribution in [2.45, 2.75) is 64.5 Å². The molecule has 0 unspecified atom stereocenters. The smallest absolute Gasteiger partial charge is 0.249 e. The molecule has 4 heteroatoms. The van der Waals surface area contributed by atoms with Crippen molar-refractivity contribution >= 4 is 11.8 Å². The van der Waals surface area contributed by atoms with E-state index >= 15 is 0 Å². The van der Waals surface area contributed by atoms with Crippen LogP contribution in [0.1, 0.15) is 53.4 Å². The molecule has 1 spiro atoms. The molecular weight excluding hydrogens is 240 g/mol. The van der Waals surface area contributed by atoms with Gasteiger partial charge in [-0.2, -0.15) is 0 Å². The SMILES string of the molecule is CC(C)=CCN1C(=O)C2(CCCC2)NC(=O)C1(C)C. The van der Waals surface area contributed by atoms with Crippen LogP contribution in [0.25, 0.3) is 0 Å². The van der Waals surface area contributed by atoms with Gasteiger partial charge in [-0.15, -0.1) is 0 Å². The van der Waals surface area contributed by atoms with Gasteiger partial charge in [-0.3, -0.25) is 9.59 Å². The van der Waals surface area contributed by atoms with Crippen molar-refractivity contribution in [3.05, 3.63) is 11.6 Å². The Hall–Kier alpha value is -1.32. The number of hydrogen-bond acceptors (Lipinski definition) is 2. The summed E-state index contributed by atoms with van der Waals surface area (Å²) in [6.45, 7) is 8.17. The van der Waals surface area contributed by atoms with Crippen LogP contribution in [0.5, 0.6) is 0 Å². The van der Waals surface area contributed by atoms with Crippen LogP contribution >= 0.6 is 0 Å². The lowest BCUT2D eigenvalue weighted by atomic mass is 9.86. The third-order valence-corrected chi connectivity index (χ3v) is 4.38. The van der Waals surface area contributed by atoms with E-state index in [9.17, 15) is 9.59 Å². The molecule has 1 saturated carbocycles. The van der Waals surface area contributed by atoms with Crippen LogP contribution in [0.15, 0.2) is 11.6 Å². The fraction of sp³-hybridized carbons (Fsp3) is 0.733. The van der Waals surface area contributed by atoms with Gasteiger partial charge in [0.05, 0.1) is 0 Å². The molecular formula is C15H24N2O2. The maximum Gasteiger partial charge on any atom is 0.249 e. The number of rotatable bonds is 2. The number of carbonyl (C=O) groups excluding carboxylic acids is 2. The molecule has 0 radical (unpaired) electrons. The second-order valence-corrected chi connectivity index (χ2v) is 6.50. The van der Waals surface area contributed by atoms with Crippen LogP contribution in [0, 0.1) is 0 Å². The molecule has 2 rings (SSSR count). The Morgan fingerprint density at radius 1 is 1.26 bits per heavy atom. The number of allylic oxidation sites excluding steroid dienone is 1. The predicted octanol–water partition coefficient (Wildman–Crippen LogP) is 2.00. The van der Waals surface area contributed by atoms with Crippen LogP contribution < -0.4 is 5.32 Å². The first kappa shape index (κ1) is 14.1. The van der Waals surface area contributed by atoms with Crippen LogP contribution in [-0.4, -0.2) is 34.3 Å². The summed E-state index contributed by atoms with van der Waals surface area (Å²) in [6.07, 6.45) is 5.60. The third kappa shape index (κ3) is 2.28. The Balaban J connectivity index is 2.32. The number of carbonyl (C=O) groups is 2. The lowest BCUT2D eigenvalue weighted by Gasteiger charge is -2.48. The summed E-state index contributed by atoms with van der Waals surface area (Å²) in [7, 11) is 0. The lowest BCUT2D eigenvalue weighted by molar-refractivity contribution is -0.160. The van der Waals surface area contributed by atoms with Crippen LogP contribution in [0.2, 0.25) is 0 Å². The van der Waals surface area contributed by atoms with Gasteiger partial charge in [0, 0.05) is 6.54 Å². The highest BCUT2D eigenvalue weighted by Gasteiger charge is 2.54. The average Bonchev–Trinajstić information content (AvgIpc) is 2.76. The molecule has 1 N–H and O–H groups in total. The topological polar surface area (TPSA) is 49.4 Å². The van der Waals surface area contributed by atoms with Gasteiger partial charge in [0.25, 0.3) is 0 Å². The quantitative estimate of drug-likeness (QED) is 0.776. The number of hydrogen-bond donors (Lipinski definition) is 1. The maximum atomic E-state index is 12.8. The standard InChI is InChI=1S/C15H24N2O2/c1-11(2)7-10-17-13(19)15(8-5-6-9-15)16-12(18)14(17,3)4/h7H,5-6,8-10H2,1-4H3,(H,16,18). The number of nitrogens with zero attached hydrogens (tertiary/aromatic N) is 1. The molecule has 0 bridgehead atoms. The molecule has 1 aliphatic heterocycles. The molecule has 2 aliphatic rings. The summed E-state index contributed by atoms with van der Waals surface area (Å²) in [4.78, 5) is 26.9. The number of nitrogens with one attached hydrogen (secondary N) is 1. The molecule has 4 nitrogen and oxygen atoms in total. The zero-order valence-electron chi connectivity index (χ0n) is 12.4. The Morgan fingerprint density at radius 2 is 1.84 bits per heavy atom. The predicted molar refractivity (Wildman–Crippen MR) is 74.6 cm³/mol. The van der Waals surface area contributed by atoms with Crippen molar-refractivity contribution in [2.24, 2.45) is 0 Å². The summed E-state index contributed by atoms with van der Waals surface area (Å²) in [5.74, 6) is 0.0586. The van der Waals surface area contributed by atoms with Gasteiger partial charge >= 0.3 is 0 Å². The second-order valence-electron chi connectivity index (χ2n) is 6.50. The van der Waals surface area contributed by atoms with Crippen molar-refractivity contribution in [3.63, 3.8) is 0 Å². The van der Waals surface area contributed by atoms with Gasteiger partial charge in [0.15, 0.2) is 0 Å². The minimum Gasteiger partial charge on any atom is -0.340 e. The van der Waals surface area contributed by atoms with Gasteiger partial charge in [0.2, 0.25) is 11.8 Å². The molecule has 0 aromatic rings. The van der Waals surface area contributed by atoms with E-state index in [-0.39, 0.29) is 11.8 Å². The maximum absolute atomic E-state index is 12.8. The third-order valence-electron chi connectivity index (χ3n) is 4.38. The van der Waals surface area contributed by atoms with E-state index in [0.717, 1.165) is 31.3 Å². The number of amides is 2. The molecule has 0 aromatic carbocycles. The molecule has 0 atom stereocenters. The summed E-state index contributed by atoms with van der Waals surface area (Å²) >= 11 is 0. The van der Waals surface area contributed by atoms with Gasteiger partial charge < -0.3 is 10.2 Å². The van der Waals surface area contributed by atoms with Crippen LogP contribution in [0.3, 0.4) is 0 Å². The van der Waals surface area contributed by atoms with Gasteiger partial charge in [-0.05, 0) is 40.5 Å². The summed E-state index contributed by atoms with van der Waals surface area (Å²) in [6, 6.07) is 0. The Kier molecular flexibility index (Phi) is 3.45. The molecule has 2 fully saturated rings. The van der Waals surface area contributed by atoms with E-state index in [4.69, 9.17) is 0 Å². The van der Waals surface area contributed by atoms with Crippen molar-refractivity contribution in [3.8, 4) is 0 Å². The highest BCUT2D eigenvalue weighted by molar-refractivity contribution is 6.02. The lowest BCUT2D eigenvalue weighted by Crippen LogP contribution is -2.73. The highest BCUT2D eigenvalue weighted by Crippen LogP contribution is 2.37. The van der Waals surface area contributed by atoms with E-state index in [1.807, 2.05) is 33.8 Å². The van der Waals surface area contributed by atoms with E-state index < -0.39 is 11.1 Å². The molecule has 106 valence electrons. The number of piperazine rings is 1. The normalized spacial score (nSPS) is 24.5. The molecule has 0 aromatic heterocycles. The van der Waals surface area contributed by atoms with E-state index in [2.05, 4.69) is 5.32 Å². The van der Waals surface area contributed by atoms with E-state index in [1.165, 1.54) is 0 Å². The van der Waals surface area contributed by atoms with Crippen molar-refractivity contribution < 1.29 is 9.59 Å². The minimum atomic E-state index is -0.767. The van der Waals surface area contributed by atoms with E-state index in [1.54, 1.807) is 4.90 Å².